The zero-order chi connectivity index (χ0) is 16.9. The Balaban J connectivity index is 1.87. The maximum Gasteiger partial charge on any atom is 0.223 e. The molecule has 0 spiro atoms. The molecule has 0 radical (unpaired) electrons. The van der Waals surface area contributed by atoms with Crippen LogP contribution in [0, 0.1) is 5.92 Å². The molecule has 0 bridgehead atoms. The van der Waals surface area contributed by atoms with Crippen LogP contribution in [0.2, 0.25) is 10.0 Å². The zero-order valence-corrected chi connectivity index (χ0v) is 14.8. The van der Waals surface area contributed by atoms with E-state index in [1.165, 1.54) is 0 Å². The first-order valence-electron chi connectivity index (χ1n) is 8.16. The molecular weight excluding hydrogens is 343 g/mol. The molecule has 126 valence electrons. The normalized spacial score (nSPS) is 16.6. The van der Waals surface area contributed by atoms with Gasteiger partial charge in [0, 0.05) is 5.92 Å². The molecule has 3 nitrogen and oxygen atoms in total. The molecule has 1 unspecified atom stereocenters. The number of carbonyl (C=O) groups excluding carboxylic acids is 1. The summed E-state index contributed by atoms with van der Waals surface area (Å²) in [5.74, 6) is 0.150. The number of halogens is 2. The second kappa shape index (κ2) is 8.02. The molecule has 0 saturated carbocycles. The molecule has 2 aromatic rings. The fourth-order valence-electron chi connectivity index (χ4n) is 3.04. The van der Waals surface area contributed by atoms with Gasteiger partial charge in [0.05, 0.1) is 16.1 Å². The molecule has 0 aromatic heterocycles. The number of benzene rings is 2. The van der Waals surface area contributed by atoms with Crippen molar-refractivity contribution in [1.29, 1.82) is 0 Å². The van der Waals surface area contributed by atoms with Crippen LogP contribution in [0.25, 0.3) is 0 Å². The number of piperidine rings is 1. The first kappa shape index (κ1) is 17.3. The summed E-state index contributed by atoms with van der Waals surface area (Å²) in [6.07, 6.45) is 1.74. The molecule has 24 heavy (non-hydrogen) atoms. The molecule has 1 aliphatic heterocycles. The van der Waals surface area contributed by atoms with E-state index in [1.807, 2.05) is 42.5 Å². The Kier molecular flexibility index (Phi) is 5.77. The molecule has 2 aromatic carbocycles. The summed E-state index contributed by atoms with van der Waals surface area (Å²) in [7, 11) is 0. The van der Waals surface area contributed by atoms with Gasteiger partial charge in [-0.1, -0.05) is 59.6 Å². The van der Waals surface area contributed by atoms with Gasteiger partial charge in [0.2, 0.25) is 5.91 Å². The van der Waals surface area contributed by atoms with Crippen molar-refractivity contribution in [1.82, 2.24) is 10.6 Å². The Morgan fingerprint density at radius 2 is 1.71 bits per heavy atom. The van der Waals surface area contributed by atoms with Crippen LogP contribution in [-0.4, -0.2) is 19.0 Å². The maximum absolute atomic E-state index is 12.7. The van der Waals surface area contributed by atoms with E-state index in [0.29, 0.717) is 10.0 Å². The molecule has 1 saturated heterocycles. The highest BCUT2D eigenvalue weighted by Gasteiger charge is 2.25. The molecule has 1 fully saturated rings. The summed E-state index contributed by atoms with van der Waals surface area (Å²) in [4.78, 5) is 12.7. The highest BCUT2D eigenvalue weighted by Crippen LogP contribution is 2.29. The number of hydrogen-bond acceptors (Lipinski definition) is 2. The first-order valence-corrected chi connectivity index (χ1v) is 8.92. The number of rotatable bonds is 4. The molecule has 5 heteroatoms. The maximum atomic E-state index is 12.7. The van der Waals surface area contributed by atoms with Gasteiger partial charge in [0.15, 0.2) is 0 Å². The topological polar surface area (TPSA) is 41.1 Å². The lowest BCUT2D eigenvalue weighted by molar-refractivity contribution is -0.126. The lowest BCUT2D eigenvalue weighted by Crippen LogP contribution is -2.40. The minimum Gasteiger partial charge on any atom is -0.345 e. The summed E-state index contributed by atoms with van der Waals surface area (Å²) in [5.41, 5.74) is 1.95. The predicted molar refractivity (Wildman–Crippen MR) is 98.5 cm³/mol. The van der Waals surface area contributed by atoms with Crippen LogP contribution in [0.15, 0.2) is 48.5 Å². The van der Waals surface area contributed by atoms with Crippen molar-refractivity contribution in [2.24, 2.45) is 5.92 Å². The largest absolute Gasteiger partial charge is 0.345 e. The van der Waals surface area contributed by atoms with Gasteiger partial charge in [0.1, 0.15) is 0 Å². The van der Waals surface area contributed by atoms with Gasteiger partial charge < -0.3 is 10.6 Å². The molecular formula is C19H20Cl2N2O. The molecule has 2 N–H and O–H groups in total. The van der Waals surface area contributed by atoms with E-state index < -0.39 is 0 Å². The number of carbonyl (C=O) groups is 1. The van der Waals surface area contributed by atoms with Crippen LogP contribution in [0.4, 0.5) is 0 Å². The fourth-order valence-corrected chi connectivity index (χ4v) is 3.35. The van der Waals surface area contributed by atoms with Crippen LogP contribution < -0.4 is 10.6 Å². The molecule has 1 heterocycles. The van der Waals surface area contributed by atoms with Gasteiger partial charge in [-0.2, -0.15) is 0 Å². The lowest BCUT2D eigenvalue weighted by atomic mass is 9.94. The minimum absolute atomic E-state index is 0.0558. The molecule has 3 rings (SSSR count). The molecule has 1 amide bonds. The van der Waals surface area contributed by atoms with E-state index in [-0.39, 0.29) is 17.9 Å². The van der Waals surface area contributed by atoms with E-state index in [0.717, 1.165) is 37.1 Å². The van der Waals surface area contributed by atoms with Crippen LogP contribution in [-0.2, 0) is 4.79 Å². The van der Waals surface area contributed by atoms with Gasteiger partial charge in [0.25, 0.3) is 0 Å². The highest BCUT2D eigenvalue weighted by molar-refractivity contribution is 6.42. The van der Waals surface area contributed by atoms with E-state index >= 15 is 0 Å². The first-order chi connectivity index (χ1) is 11.6. The second-order valence-electron chi connectivity index (χ2n) is 6.05. The summed E-state index contributed by atoms with van der Waals surface area (Å²) in [5, 5.41) is 7.49. The monoisotopic (exact) mass is 362 g/mol. The van der Waals surface area contributed by atoms with E-state index in [2.05, 4.69) is 10.6 Å². The Morgan fingerprint density at radius 3 is 2.38 bits per heavy atom. The summed E-state index contributed by atoms with van der Waals surface area (Å²) < 4.78 is 0. The van der Waals surface area contributed by atoms with E-state index in [1.54, 1.807) is 6.07 Å². The Labute approximate surface area is 152 Å². The average Bonchev–Trinajstić information content (AvgIpc) is 2.63. The third-order valence-electron chi connectivity index (χ3n) is 4.41. The average molecular weight is 363 g/mol. The predicted octanol–water partition coefficient (Wildman–Crippen LogP) is 4.20. The molecule has 1 aliphatic rings. The van der Waals surface area contributed by atoms with Crippen LogP contribution >= 0.6 is 23.2 Å². The zero-order valence-electron chi connectivity index (χ0n) is 13.3. The standard InChI is InChI=1S/C19H20Cl2N2O/c20-16-7-6-15(12-17(16)21)18(13-4-2-1-3-5-13)23-19(24)14-8-10-22-11-9-14/h1-7,12,14,18,22H,8-11H2,(H,23,24). The Hall–Kier alpha value is -1.55. The van der Waals surface area contributed by atoms with Gasteiger partial charge in [-0.25, -0.2) is 0 Å². The third-order valence-corrected chi connectivity index (χ3v) is 5.15. The van der Waals surface area contributed by atoms with Gasteiger partial charge in [-0.15, -0.1) is 0 Å². The Morgan fingerprint density at radius 1 is 1.00 bits per heavy atom. The quantitative estimate of drug-likeness (QED) is 0.855. The summed E-state index contributed by atoms with van der Waals surface area (Å²) >= 11 is 12.2. The van der Waals surface area contributed by atoms with Crippen molar-refractivity contribution in [2.45, 2.75) is 18.9 Å². The highest BCUT2D eigenvalue weighted by atomic mass is 35.5. The minimum atomic E-state index is -0.233. The van der Waals surface area contributed by atoms with Gasteiger partial charge in [-0.3, -0.25) is 4.79 Å². The fraction of sp³-hybridized carbons (Fsp3) is 0.316. The van der Waals surface area contributed by atoms with Crippen molar-refractivity contribution >= 4 is 29.1 Å². The van der Waals surface area contributed by atoms with Gasteiger partial charge >= 0.3 is 0 Å². The van der Waals surface area contributed by atoms with E-state index in [4.69, 9.17) is 23.2 Å². The summed E-state index contributed by atoms with van der Waals surface area (Å²) in [6.45, 7) is 1.78. The van der Waals surface area contributed by atoms with Crippen LogP contribution in [0.3, 0.4) is 0 Å². The summed E-state index contributed by atoms with van der Waals surface area (Å²) in [6, 6.07) is 15.2. The number of amides is 1. The van der Waals surface area contributed by atoms with Crippen molar-refractivity contribution in [3.05, 3.63) is 69.7 Å². The van der Waals surface area contributed by atoms with Gasteiger partial charge in [-0.05, 0) is 49.2 Å². The lowest BCUT2D eigenvalue weighted by Gasteiger charge is -2.26. The SMILES string of the molecule is O=C(NC(c1ccccc1)c1ccc(Cl)c(Cl)c1)C1CCNCC1. The smallest absolute Gasteiger partial charge is 0.223 e. The third kappa shape index (κ3) is 4.10. The molecule has 0 aliphatic carbocycles. The van der Waals surface area contributed by atoms with Crippen LogP contribution in [0.1, 0.15) is 30.0 Å². The molecule has 1 atom stereocenters. The van der Waals surface area contributed by atoms with Crippen molar-refractivity contribution in [2.75, 3.05) is 13.1 Å². The van der Waals surface area contributed by atoms with Crippen molar-refractivity contribution in [3.63, 3.8) is 0 Å². The van der Waals surface area contributed by atoms with Crippen molar-refractivity contribution in [3.8, 4) is 0 Å². The Bertz CT molecular complexity index is 700. The van der Waals surface area contributed by atoms with Crippen molar-refractivity contribution < 1.29 is 4.79 Å². The number of hydrogen-bond donors (Lipinski definition) is 2. The number of nitrogens with one attached hydrogen (secondary N) is 2. The second-order valence-corrected chi connectivity index (χ2v) is 6.86. The van der Waals surface area contributed by atoms with Crippen LogP contribution in [0.5, 0.6) is 0 Å². The van der Waals surface area contributed by atoms with E-state index in [9.17, 15) is 4.79 Å².